The highest BCUT2D eigenvalue weighted by molar-refractivity contribution is 5.94. The molecule has 0 atom stereocenters. The highest BCUT2D eigenvalue weighted by atomic mass is 16.5. The average molecular weight is 441 g/mol. The van der Waals surface area contributed by atoms with Crippen molar-refractivity contribution in [2.45, 2.75) is 39.8 Å². The number of rotatable bonds is 7. The SMILES string of the molecule is CCCCOc1ccc(C(=O)N2Cc3nn(-c4ccc(C)cc4)c(-n4cccc4)c3C2)cc1. The Morgan fingerprint density at radius 2 is 1.73 bits per heavy atom. The number of aromatic nitrogens is 3. The minimum atomic E-state index is 0.00782. The molecule has 0 radical (unpaired) electrons. The Kier molecular flexibility index (Phi) is 5.73. The van der Waals surface area contributed by atoms with Crippen molar-refractivity contribution in [3.05, 3.63) is 95.4 Å². The molecule has 3 heterocycles. The van der Waals surface area contributed by atoms with Crippen LogP contribution in [0.4, 0.5) is 0 Å². The van der Waals surface area contributed by atoms with E-state index in [1.165, 1.54) is 5.56 Å². The number of hydrogen-bond donors (Lipinski definition) is 0. The fourth-order valence-electron chi connectivity index (χ4n) is 4.16. The number of ether oxygens (including phenoxy) is 1. The molecular weight excluding hydrogens is 412 g/mol. The lowest BCUT2D eigenvalue weighted by Gasteiger charge is -2.18. The Morgan fingerprint density at radius 3 is 2.42 bits per heavy atom. The number of benzene rings is 2. The number of carbonyl (C=O) groups is 1. The number of unbranched alkanes of at least 4 members (excludes halogenated alkanes) is 1. The van der Waals surface area contributed by atoms with Crippen LogP contribution in [0, 0.1) is 6.92 Å². The molecule has 0 saturated heterocycles. The lowest BCUT2D eigenvalue weighted by molar-refractivity contribution is 0.0749. The van der Waals surface area contributed by atoms with Crippen LogP contribution in [0.5, 0.6) is 5.75 Å². The van der Waals surface area contributed by atoms with Crippen LogP contribution in [0.3, 0.4) is 0 Å². The standard InChI is InChI=1S/C27H28N4O2/c1-3-4-17-33-23-13-9-21(10-14-23)27(32)30-18-24-25(19-30)28-31(22-11-7-20(2)8-12-22)26(24)29-15-5-6-16-29/h5-16H,3-4,17-19H2,1-2H3. The van der Waals surface area contributed by atoms with Gasteiger partial charge in [0.2, 0.25) is 0 Å². The summed E-state index contributed by atoms with van der Waals surface area (Å²) in [6.07, 6.45) is 6.15. The molecule has 33 heavy (non-hydrogen) atoms. The zero-order valence-corrected chi connectivity index (χ0v) is 19.1. The number of aryl methyl sites for hydroxylation is 1. The quantitative estimate of drug-likeness (QED) is 0.366. The van der Waals surface area contributed by atoms with E-state index in [-0.39, 0.29) is 5.91 Å². The Morgan fingerprint density at radius 1 is 1.00 bits per heavy atom. The first-order valence-corrected chi connectivity index (χ1v) is 11.5. The van der Waals surface area contributed by atoms with Gasteiger partial charge in [-0.1, -0.05) is 31.0 Å². The zero-order valence-electron chi connectivity index (χ0n) is 19.1. The van der Waals surface area contributed by atoms with Crippen LogP contribution in [0.2, 0.25) is 0 Å². The van der Waals surface area contributed by atoms with Crippen molar-refractivity contribution in [1.82, 2.24) is 19.2 Å². The van der Waals surface area contributed by atoms with Gasteiger partial charge in [-0.2, -0.15) is 5.10 Å². The van der Waals surface area contributed by atoms with Crippen molar-refractivity contribution in [3.8, 4) is 17.3 Å². The number of fused-ring (bicyclic) bond motifs is 1. The van der Waals surface area contributed by atoms with E-state index < -0.39 is 0 Å². The second-order valence-electron chi connectivity index (χ2n) is 8.47. The van der Waals surface area contributed by atoms with E-state index in [2.05, 4.69) is 42.7 Å². The van der Waals surface area contributed by atoms with E-state index in [9.17, 15) is 4.79 Å². The largest absolute Gasteiger partial charge is 0.494 e. The highest BCUT2D eigenvalue weighted by Gasteiger charge is 2.31. The average Bonchev–Trinajstić information content (AvgIpc) is 3.56. The van der Waals surface area contributed by atoms with Crippen LogP contribution in [-0.2, 0) is 13.1 Å². The van der Waals surface area contributed by atoms with Gasteiger partial charge >= 0.3 is 0 Å². The second-order valence-corrected chi connectivity index (χ2v) is 8.47. The van der Waals surface area contributed by atoms with Crippen molar-refractivity contribution in [1.29, 1.82) is 0 Å². The molecule has 1 aliphatic rings. The van der Waals surface area contributed by atoms with Crippen molar-refractivity contribution in [3.63, 3.8) is 0 Å². The molecular formula is C27H28N4O2. The lowest BCUT2D eigenvalue weighted by atomic mass is 10.2. The second kappa shape index (κ2) is 8.98. The fraction of sp³-hybridized carbons (Fsp3) is 0.259. The number of carbonyl (C=O) groups excluding carboxylic acids is 1. The summed E-state index contributed by atoms with van der Waals surface area (Å²) < 4.78 is 9.78. The predicted octanol–water partition coefficient (Wildman–Crippen LogP) is 5.31. The summed E-state index contributed by atoms with van der Waals surface area (Å²) in [4.78, 5) is 15.1. The van der Waals surface area contributed by atoms with Gasteiger partial charge in [0.25, 0.3) is 5.91 Å². The summed E-state index contributed by atoms with van der Waals surface area (Å²) in [5.41, 5.74) is 4.90. The van der Waals surface area contributed by atoms with Crippen molar-refractivity contribution in [2.75, 3.05) is 6.61 Å². The first-order chi connectivity index (χ1) is 16.1. The van der Waals surface area contributed by atoms with Gasteiger partial charge in [0.15, 0.2) is 0 Å². The van der Waals surface area contributed by atoms with Crippen LogP contribution in [-0.4, -0.2) is 31.8 Å². The van der Waals surface area contributed by atoms with Gasteiger partial charge in [-0.25, -0.2) is 4.68 Å². The van der Waals surface area contributed by atoms with E-state index in [4.69, 9.17) is 9.84 Å². The maximum atomic E-state index is 13.2. The zero-order chi connectivity index (χ0) is 22.8. The third-order valence-electron chi connectivity index (χ3n) is 6.01. The molecule has 2 aromatic heterocycles. The third kappa shape index (κ3) is 4.16. The molecule has 0 N–H and O–H groups in total. The van der Waals surface area contributed by atoms with Gasteiger partial charge in [0.1, 0.15) is 11.6 Å². The minimum Gasteiger partial charge on any atom is -0.494 e. The minimum absolute atomic E-state index is 0.00782. The van der Waals surface area contributed by atoms with E-state index in [0.717, 1.165) is 41.4 Å². The van der Waals surface area contributed by atoms with Crippen molar-refractivity contribution >= 4 is 5.91 Å². The van der Waals surface area contributed by atoms with Crippen LogP contribution >= 0.6 is 0 Å². The molecule has 6 heteroatoms. The smallest absolute Gasteiger partial charge is 0.254 e. The summed E-state index contributed by atoms with van der Waals surface area (Å²) in [5.74, 6) is 1.79. The topological polar surface area (TPSA) is 52.3 Å². The van der Waals surface area contributed by atoms with E-state index >= 15 is 0 Å². The molecule has 1 amide bonds. The van der Waals surface area contributed by atoms with Gasteiger partial charge in [0, 0.05) is 23.5 Å². The third-order valence-corrected chi connectivity index (χ3v) is 6.01. The molecule has 6 nitrogen and oxygen atoms in total. The van der Waals surface area contributed by atoms with E-state index in [0.29, 0.717) is 25.3 Å². The molecule has 2 aromatic carbocycles. The molecule has 168 valence electrons. The normalized spacial score (nSPS) is 12.7. The number of hydrogen-bond acceptors (Lipinski definition) is 3. The lowest BCUT2D eigenvalue weighted by Crippen LogP contribution is -2.26. The first-order valence-electron chi connectivity index (χ1n) is 11.5. The maximum Gasteiger partial charge on any atom is 0.254 e. The number of amides is 1. The van der Waals surface area contributed by atoms with Crippen molar-refractivity contribution < 1.29 is 9.53 Å². The Balaban J connectivity index is 1.39. The summed E-state index contributed by atoms with van der Waals surface area (Å²) in [5, 5.41) is 4.91. The van der Waals surface area contributed by atoms with Gasteiger partial charge in [0.05, 0.1) is 31.1 Å². The van der Waals surface area contributed by atoms with Crippen LogP contribution in [0.1, 0.15) is 46.9 Å². The molecule has 0 aliphatic carbocycles. The Labute approximate surface area is 194 Å². The summed E-state index contributed by atoms with van der Waals surface area (Å²) in [7, 11) is 0. The fourth-order valence-corrected chi connectivity index (χ4v) is 4.16. The van der Waals surface area contributed by atoms with Gasteiger partial charge in [-0.3, -0.25) is 4.79 Å². The molecule has 5 rings (SSSR count). The first kappa shape index (κ1) is 21.1. The molecule has 0 fully saturated rings. The summed E-state index contributed by atoms with van der Waals surface area (Å²) in [6.45, 7) is 5.94. The molecule has 0 saturated carbocycles. The monoisotopic (exact) mass is 440 g/mol. The predicted molar refractivity (Wildman–Crippen MR) is 128 cm³/mol. The Hall–Kier alpha value is -3.80. The number of nitrogens with zero attached hydrogens (tertiary/aromatic N) is 4. The van der Waals surface area contributed by atoms with Crippen LogP contribution < -0.4 is 4.74 Å². The van der Waals surface area contributed by atoms with E-state index in [1.54, 1.807) is 0 Å². The van der Waals surface area contributed by atoms with Gasteiger partial charge in [-0.05, 0) is 61.9 Å². The summed E-state index contributed by atoms with van der Waals surface area (Å²) >= 11 is 0. The molecule has 0 unspecified atom stereocenters. The summed E-state index contributed by atoms with van der Waals surface area (Å²) in [6, 6.07) is 19.8. The van der Waals surface area contributed by atoms with Gasteiger partial charge in [-0.15, -0.1) is 0 Å². The van der Waals surface area contributed by atoms with Gasteiger partial charge < -0.3 is 14.2 Å². The Bertz CT molecular complexity index is 1240. The van der Waals surface area contributed by atoms with E-state index in [1.807, 2.05) is 58.4 Å². The maximum absolute atomic E-state index is 13.2. The molecule has 4 aromatic rings. The molecule has 1 aliphatic heterocycles. The highest BCUT2D eigenvalue weighted by Crippen LogP contribution is 2.31. The molecule has 0 spiro atoms. The molecule has 0 bridgehead atoms. The van der Waals surface area contributed by atoms with Crippen LogP contribution in [0.25, 0.3) is 11.5 Å². The van der Waals surface area contributed by atoms with Crippen LogP contribution in [0.15, 0.2) is 73.1 Å². The van der Waals surface area contributed by atoms with Crippen molar-refractivity contribution in [2.24, 2.45) is 0 Å².